The molecule has 0 spiro atoms. The van der Waals surface area contributed by atoms with Crippen LogP contribution >= 0.6 is 28.7 Å². The van der Waals surface area contributed by atoms with E-state index in [0.29, 0.717) is 22.5 Å². The molecule has 0 aromatic carbocycles. The summed E-state index contributed by atoms with van der Waals surface area (Å²) >= 11 is 6.66. The molecule has 13 nitrogen and oxygen atoms in total. The van der Waals surface area contributed by atoms with Crippen LogP contribution < -0.4 is 9.80 Å². The van der Waals surface area contributed by atoms with Crippen LogP contribution in [0.5, 0.6) is 0 Å². The van der Waals surface area contributed by atoms with Gasteiger partial charge >= 0.3 is 24.8 Å². The number of carbonyl (C=O) groups is 2. The molecule has 6 aromatic heterocycles. The molecule has 6 aromatic rings. The van der Waals surface area contributed by atoms with Gasteiger partial charge in [0.25, 0.3) is 11.8 Å². The number of nitriles is 2. The molecule has 6 heterocycles. The Morgan fingerprint density at radius 1 is 0.800 bits per heavy atom. The molecular weight excluding hydrogens is 717 g/mol. The van der Waals surface area contributed by atoms with Crippen molar-refractivity contribution in [1.29, 1.82) is 10.5 Å². The van der Waals surface area contributed by atoms with Crippen molar-refractivity contribution in [2.45, 2.75) is 37.8 Å². The number of amides is 2. The molecule has 8 rings (SSSR count). The van der Waals surface area contributed by atoms with Gasteiger partial charge in [-0.2, -0.15) is 20.7 Å². The van der Waals surface area contributed by atoms with Gasteiger partial charge < -0.3 is 9.80 Å². The van der Waals surface area contributed by atoms with E-state index in [2.05, 4.69) is 60.8 Å². The van der Waals surface area contributed by atoms with Crippen molar-refractivity contribution in [2.24, 2.45) is 4.30 Å². The van der Waals surface area contributed by atoms with Crippen LogP contribution in [0, 0.1) is 22.7 Å². The predicted molar refractivity (Wildman–Crippen MR) is 193 cm³/mol. The molecule has 0 N–H and O–H groups in total. The number of hydrogen-bond donors (Lipinski definition) is 1. The average Bonchev–Trinajstić information content (AvgIpc) is 4.08. The second-order valence-electron chi connectivity index (χ2n) is 11.3. The predicted octanol–water partition coefficient (Wildman–Crippen LogP) is 5.77. The number of rotatable bonds is 6. The number of nitrogens with zero attached hydrogens (tertiary/aromatic N) is 11. The summed E-state index contributed by atoms with van der Waals surface area (Å²) in [5.74, 6) is -0.289. The van der Waals surface area contributed by atoms with Crippen molar-refractivity contribution in [1.82, 2.24) is 29.2 Å². The fourth-order valence-corrected chi connectivity index (χ4v) is 5.61. The number of hydrogen-bond acceptors (Lipinski definition) is 10. The van der Waals surface area contributed by atoms with Crippen LogP contribution in [0.4, 0.5) is 11.4 Å². The zero-order valence-corrected chi connectivity index (χ0v) is 28.8. The van der Waals surface area contributed by atoms with E-state index in [1.54, 1.807) is 55.5 Å². The first-order chi connectivity index (χ1) is 24.3. The summed E-state index contributed by atoms with van der Waals surface area (Å²) in [7, 11) is 4.34. The van der Waals surface area contributed by atoms with Crippen molar-refractivity contribution in [3.63, 3.8) is 0 Å². The molecule has 245 valence electrons. The fraction of sp³-hybridized carbons (Fsp3) is 0.176. The van der Waals surface area contributed by atoms with Crippen molar-refractivity contribution >= 4 is 70.6 Å². The Hall–Kier alpha value is -5.71. The SMILES string of the molecule is N#Cc1ccc(C(=O)N(c2ccn3ncc(Br)c3c2)C2CC2)nc1.N#Cc1ccc(C(=O)N(c2ccn3nccc3c2)C2CC2)nc1.[B]=NS. The number of thiol groups is 1. The van der Waals surface area contributed by atoms with E-state index in [1.165, 1.54) is 12.4 Å². The van der Waals surface area contributed by atoms with Crippen LogP contribution in [-0.2, 0) is 0 Å². The van der Waals surface area contributed by atoms with Crippen LogP contribution in [0.2, 0.25) is 0 Å². The summed E-state index contributed by atoms with van der Waals surface area (Å²) in [5, 5.41) is 26.1. The third-order valence-electron chi connectivity index (χ3n) is 7.88. The quantitative estimate of drug-likeness (QED) is 0.166. The summed E-state index contributed by atoms with van der Waals surface area (Å²) < 4.78 is 7.09. The molecule has 1 radical (unpaired) electrons. The van der Waals surface area contributed by atoms with E-state index in [-0.39, 0.29) is 23.9 Å². The molecule has 50 heavy (non-hydrogen) atoms. The number of halogens is 1. The van der Waals surface area contributed by atoms with E-state index in [4.69, 9.17) is 10.5 Å². The van der Waals surface area contributed by atoms with Gasteiger partial charge in [0.15, 0.2) is 0 Å². The Kier molecular flexibility index (Phi) is 10.4. The molecule has 0 unspecified atom stereocenters. The van der Waals surface area contributed by atoms with Gasteiger partial charge in [0.05, 0.1) is 32.8 Å². The Balaban J connectivity index is 0.000000161. The van der Waals surface area contributed by atoms with Gasteiger partial charge in [-0.3, -0.25) is 9.59 Å². The van der Waals surface area contributed by atoms with Crippen molar-refractivity contribution < 1.29 is 9.59 Å². The molecule has 2 amide bonds. The monoisotopic (exact) mass is 742 g/mol. The van der Waals surface area contributed by atoms with Crippen molar-refractivity contribution in [3.8, 4) is 12.1 Å². The Bertz CT molecular complexity index is 2270. The Morgan fingerprint density at radius 2 is 1.32 bits per heavy atom. The van der Waals surface area contributed by atoms with E-state index < -0.39 is 0 Å². The Morgan fingerprint density at radius 3 is 1.80 bits per heavy atom. The second-order valence-corrected chi connectivity index (χ2v) is 12.4. The minimum absolute atomic E-state index is 0.138. The molecular formula is C34H26BBrN11O2S. The van der Waals surface area contributed by atoms with Crippen LogP contribution in [0.1, 0.15) is 57.8 Å². The first kappa shape index (κ1) is 34.2. The first-order valence-corrected chi connectivity index (χ1v) is 16.5. The summed E-state index contributed by atoms with van der Waals surface area (Å²) in [5.41, 5.74) is 5.08. The first-order valence-electron chi connectivity index (χ1n) is 15.3. The summed E-state index contributed by atoms with van der Waals surface area (Å²) in [4.78, 5) is 37.6. The number of fused-ring (bicyclic) bond motifs is 2. The average molecular weight is 743 g/mol. The van der Waals surface area contributed by atoms with E-state index >= 15 is 0 Å². The van der Waals surface area contributed by atoms with Crippen molar-refractivity contribution in [3.05, 3.63) is 119 Å². The van der Waals surface area contributed by atoms with Gasteiger partial charge in [-0.05, 0) is 96.2 Å². The third-order valence-corrected chi connectivity index (χ3v) is 8.49. The van der Waals surface area contributed by atoms with Gasteiger partial charge in [-0.1, -0.05) is 0 Å². The van der Waals surface area contributed by atoms with Crippen LogP contribution in [0.15, 0.2) is 101 Å². The summed E-state index contributed by atoms with van der Waals surface area (Å²) in [6.07, 6.45) is 13.9. The number of pyridine rings is 4. The normalized spacial score (nSPS) is 13.1. The molecule has 2 fully saturated rings. The maximum atomic E-state index is 12.9. The standard InChI is InChI=1S/C17H12BrN5O.C17H13N5O.BHNS/c18-14-10-21-22-6-5-13(7-16(14)22)23(12-2-3-12)17(24)15-4-1-11(8-19)9-20-15;18-10-12-1-4-16(19-11-12)17(23)22(13-2-3-13)15-6-8-21-14(9-15)5-7-20-21;1-2-3/h1,4-7,9-10,12H,2-3H2;1,4-9,11,13H,2-3H2;3H. The molecule has 0 aliphatic heterocycles. The maximum absolute atomic E-state index is 12.9. The van der Waals surface area contributed by atoms with Gasteiger partial charge in [0, 0.05) is 54.4 Å². The zero-order chi connectivity index (χ0) is 35.2. The van der Waals surface area contributed by atoms with E-state index in [9.17, 15) is 9.59 Å². The van der Waals surface area contributed by atoms with Gasteiger partial charge in [0.1, 0.15) is 23.5 Å². The minimum atomic E-state index is -0.151. The zero-order valence-electron chi connectivity index (χ0n) is 26.3. The number of carbonyl (C=O) groups excluding carboxylic acids is 2. The van der Waals surface area contributed by atoms with E-state index in [0.717, 1.165) is 52.6 Å². The van der Waals surface area contributed by atoms with Gasteiger partial charge in [-0.25, -0.2) is 19.0 Å². The fourth-order valence-electron chi connectivity index (χ4n) is 5.22. The molecule has 2 aliphatic carbocycles. The van der Waals surface area contributed by atoms with Crippen molar-refractivity contribution in [2.75, 3.05) is 9.80 Å². The summed E-state index contributed by atoms with van der Waals surface area (Å²) in [6.45, 7) is 0. The molecule has 16 heteroatoms. The van der Waals surface area contributed by atoms with Gasteiger partial charge in [0.2, 0.25) is 0 Å². The van der Waals surface area contributed by atoms with Crippen LogP contribution in [-0.4, -0.2) is 60.7 Å². The summed E-state index contributed by atoms with van der Waals surface area (Å²) in [6, 6.07) is 20.4. The Labute approximate surface area is 301 Å². The molecule has 2 saturated carbocycles. The topological polar surface area (TPSA) is 161 Å². The molecule has 0 saturated heterocycles. The third kappa shape index (κ3) is 7.62. The van der Waals surface area contributed by atoms with Gasteiger partial charge in [-0.15, -0.1) is 0 Å². The molecule has 2 aliphatic rings. The number of anilines is 2. The second kappa shape index (κ2) is 15.2. The molecule has 0 atom stereocenters. The van der Waals surface area contributed by atoms with Crippen LogP contribution in [0.3, 0.4) is 0 Å². The van der Waals surface area contributed by atoms with E-state index in [1.807, 2.05) is 54.9 Å². The van der Waals surface area contributed by atoms with Crippen LogP contribution in [0.25, 0.3) is 11.0 Å². The number of aromatic nitrogens is 6. The molecule has 0 bridgehead atoms.